The molecule has 0 heterocycles. The van der Waals surface area contributed by atoms with Gasteiger partial charge < -0.3 is 25.2 Å². The summed E-state index contributed by atoms with van der Waals surface area (Å²) >= 11 is 0. The second-order valence-electron chi connectivity index (χ2n) is 12.3. The van der Waals surface area contributed by atoms with Crippen molar-refractivity contribution in [3.05, 3.63) is 45.2 Å². The Morgan fingerprint density at radius 1 is 1.08 bits per heavy atom. The van der Waals surface area contributed by atoms with Gasteiger partial charge >= 0.3 is 5.97 Å². The summed E-state index contributed by atoms with van der Waals surface area (Å²) < 4.78 is 4.81. The Hall–Kier alpha value is -3.46. The maximum absolute atomic E-state index is 14.3. The van der Waals surface area contributed by atoms with Crippen molar-refractivity contribution < 1.29 is 44.3 Å². The molecule has 4 N–H and O–H groups in total. The number of ether oxygens (including phenoxy) is 1. The van der Waals surface area contributed by atoms with Gasteiger partial charge in [0.05, 0.1) is 12.7 Å². The van der Waals surface area contributed by atoms with Gasteiger partial charge in [-0.2, -0.15) is 0 Å². The largest absolute Gasteiger partial charge is 0.508 e. The fourth-order valence-corrected chi connectivity index (χ4v) is 7.59. The van der Waals surface area contributed by atoms with E-state index < -0.39 is 74.4 Å². The molecule has 1 fully saturated rings. The van der Waals surface area contributed by atoms with Crippen LogP contribution >= 0.6 is 0 Å². The molecule has 0 amide bonds. The fraction of sp³-hybridized carbons (Fsp3) is 0.533. The van der Waals surface area contributed by atoms with Crippen LogP contribution in [0.25, 0.3) is 5.76 Å². The maximum atomic E-state index is 14.3. The summed E-state index contributed by atoms with van der Waals surface area (Å²) in [7, 11) is 1.16. The van der Waals surface area contributed by atoms with Crippen molar-refractivity contribution in [1.29, 1.82) is 0 Å². The first kappa shape index (κ1) is 28.5. The van der Waals surface area contributed by atoms with E-state index in [-0.39, 0.29) is 35.5 Å². The summed E-state index contributed by atoms with van der Waals surface area (Å²) in [5, 5.41) is 46.1. The highest BCUT2D eigenvalue weighted by atomic mass is 16.5. The summed E-state index contributed by atoms with van der Waals surface area (Å²) in [5.41, 5.74) is -5.31. The van der Waals surface area contributed by atoms with Gasteiger partial charge in [0, 0.05) is 22.3 Å². The van der Waals surface area contributed by atoms with Crippen LogP contribution < -0.4 is 0 Å². The van der Waals surface area contributed by atoms with Crippen LogP contribution in [0.2, 0.25) is 0 Å². The third-order valence-corrected chi connectivity index (χ3v) is 9.07. The molecule has 1 aromatic carbocycles. The molecular weight excluding hydrogens is 504 g/mol. The second-order valence-corrected chi connectivity index (χ2v) is 12.3. The summed E-state index contributed by atoms with van der Waals surface area (Å²) in [6.07, 6.45) is 0.146. The first-order valence-corrected chi connectivity index (χ1v) is 13.1. The molecule has 0 aromatic heterocycles. The number of phenolic OH excluding ortho intramolecular Hbond substituents is 1. The molecule has 0 radical (unpaired) electrons. The topological polar surface area (TPSA) is 158 Å². The molecule has 3 aliphatic rings. The van der Waals surface area contributed by atoms with Crippen LogP contribution in [-0.2, 0) is 25.5 Å². The van der Waals surface area contributed by atoms with Crippen molar-refractivity contribution in [3.63, 3.8) is 0 Å². The Labute approximate surface area is 227 Å². The average molecular weight is 541 g/mol. The minimum atomic E-state index is -2.69. The molecule has 0 saturated heterocycles. The van der Waals surface area contributed by atoms with Crippen LogP contribution in [0.3, 0.4) is 0 Å². The van der Waals surface area contributed by atoms with Crippen molar-refractivity contribution in [2.45, 2.75) is 72.8 Å². The molecule has 3 aliphatic carbocycles. The number of phenols is 1. The zero-order valence-electron chi connectivity index (χ0n) is 23.6. The highest BCUT2D eigenvalue weighted by Gasteiger charge is 2.72. The van der Waals surface area contributed by atoms with E-state index in [0.29, 0.717) is 11.1 Å². The maximum Gasteiger partial charge on any atom is 0.341 e. The first-order chi connectivity index (χ1) is 17.9. The smallest absolute Gasteiger partial charge is 0.341 e. The number of methoxy groups -OCH3 is 1. The number of carbonyl (C=O) groups is 4. The zero-order valence-corrected chi connectivity index (χ0v) is 23.6. The second kappa shape index (κ2) is 8.78. The van der Waals surface area contributed by atoms with E-state index in [2.05, 4.69) is 0 Å². The number of Topliss-reactive ketones (excluding diaryl/α,β-unsaturated/α-hetero) is 3. The highest BCUT2D eigenvalue weighted by Crippen LogP contribution is 2.65. The molecule has 0 aliphatic heterocycles. The van der Waals surface area contributed by atoms with Crippen LogP contribution in [0.1, 0.15) is 87.9 Å². The van der Waals surface area contributed by atoms with Crippen molar-refractivity contribution in [2.24, 2.45) is 22.7 Å². The molecular formula is C30H36O9. The molecule has 9 nitrogen and oxygen atoms in total. The Kier molecular flexibility index (Phi) is 6.42. The van der Waals surface area contributed by atoms with Gasteiger partial charge in [-0.3, -0.25) is 14.4 Å². The molecule has 210 valence electrons. The van der Waals surface area contributed by atoms with Gasteiger partial charge in [0.15, 0.2) is 17.2 Å². The zero-order chi connectivity index (χ0) is 29.6. The van der Waals surface area contributed by atoms with Crippen LogP contribution in [-0.4, -0.2) is 56.5 Å². The number of rotatable bonds is 4. The van der Waals surface area contributed by atoms with Crippen molar-refractivity contribution >= 4 is 29.1 Å². The number of hydrogen-bond acceptors (Lipinski definition) is 9. The van der Waals surface area contributed by atoms with E-state index in [1.165, 1.54) is 6.07 Å². The Balaban J connectivity index is 2.12. The summed E-state index contributed by atoms with van der Waals surface area (Å²) in [5.74, 6) is -7.03. The van der Waals surface area contributed by atoms with E-state index in [4.69, 9.17) is 4.74 Å². The van der Waals surface area contributed by atoms with Crippen LogP contribution in [0.5, 0.6) is 5.75 Å². The third-order valence-electron chi connectivity index (χ3n) is 9.07. The minimum absolute atomic E-state index is 0.00194. The third kappa shape index (κ3) is 3.48. The van der Waals surface area contributed by atoms with Crippen molar-refractivity contribution in [3.8, 4) is 5.75 Å². The number of benzene rings is 1. The quantitative estimate of drug-likeness (QED) is 0.326. The average Bonchev–Trinajstić information content (AvgIpc) is 2.80. The predicted octanol–water partition coefficient (Wildman–Crippen LogP) is 4.10. The van der Waals surface area contributed by atoms with Crippen molar-refractivity contribution in [1.82, 2.24) is 0 Å². The number of ketones is 3. The molecule has 1 unspecified atom stereocenters. The van der Waals surface area contributed by atoms with Gasteiger partial charge in [0.25, 0.3) is 0 Å². The monoisotopic (exact) mass is 540 g/mol. The molecule has 4 atom stereocenters. The Bertz CT molecular complexity index is 1410. The van der Waals surface area contributed by atoms with Gasteiger partial charge in [-0.15, -0.1) is 0 Å². The predicted molar refractivity (Wildman–Crippen MR) is 141 cm³/mol. The number of hydrogen-bond donors (Lipinski definition) is 4. The molecule has 0 spiro atoms. The number of esters is 1. The van der Waals surface area contributed by atoms with E-state index >= 15 is 0 Å². The number of aromatic hydroxyl groups is 1. The summed E-state index contributed by atoms with van der Waals surface area (Å²) in [6, 6.07) is 1.52. The number of fused-ring (bicyclic) bond motifs is 3. The number of aliphatic hydroxyl groups excluding tert-OH is 2. The molecule has 9 heteroatoms. The van der Waals surface area contributed by atoms with E-state index in [0.717, 1.165) is 14.0 Å². The van der Waals surface area contributed by atoms with E-state index in [1.54, 1.807) is 27.7 Å². The van der Waals surface area contributed by atoms with E-state index in [1.807, 2.05) is 13.8 Å². The first-order valence-electron chi connectivity index (χ1n) is 13.1. The van der Waals surface area contributed by atoms with Gasteiger partial charge in [0.1, 0.15) is 28.4 Å². The van der Waals surface area contributed by atoms with Crippen LogP contribution in [0.15, 0.2) is 23.0 Å². The Morgan fingerprint density at radius 3 is 2.15 bits per heavy atom. The molecule has 39 heavy (non-hydrogen) atoms. The standard InChI is InChI=1S/C30H36O9/c1-12(2)15-9-16(27(37)39-8)22(32)19-17(15)10-28(6)11-29(7)20(13(3)4)23(33)18(14(5)31)25(35)30(29,38)26(36)21(28)24(19)34/h9,12-13,20,32,34-35,38H,10-11H2,1-8H3/t20?,28-,29-,30+/m1/s1. The van der Waals surface area contributed by atoms with Crippen LogP contribution in [0, 0.1) is 22.7 Å². The molecule has 1 aromatic rings. The summed E-state index contributed by atoms with van der Waals surface area (Å²) in [4.78, 5) is 52.9. The number of aliphatic hydroxyl groups is 3. The van der Waals surface area contributed by atoms with Gasteiger partial charge in [0.2, 0.25) is 5.78 Å². The van der Waals surface area contributed by atoms with Crippen molar-refractivity contribution in [2.75, 3.05) is 7.11 Å². The number of carbonyl (C=O) groups excluding carboxylic acids is 4. The summed E-state index contributed by atoms with van der Waals surface area (Å²) in [6.45, 7) is 11.7. The Morgan fingerprint density at radius 2 is 1.67 bits per heavy atom. The SMILES string of the molecule is COC(=O)c1cc(C(C)C)c2c(c1O)C(O)=C1C(=O)[C@@]3(O)C(O)=C(C(C)=O)C(=O)C(C(C)C)[C@@]3(C)C[C@@]1(C)C2. The van der Waals surface area contributed by atoms with Crippen LogP contribution in [0.4, 0.5) is 0 Å². The number of allylic oxidation sites excluding steroid dienone is 1. The lowest BCUT2D eigenvalue weighted by Crippen LogP contribution is -2.69. The molecule has 1 saturated carbocycles. The highest BCUT2D eigenvalue weighted by molar-refractivity contribution is 6.24. The van der Waals surface area contributed by atoms with Gasteiger partial charge in [-0.1, -0.05) is 41.5 Å². The molecule has 4 rings (SSSR count). The molecule has 0 bridgehead atoms. The lowest BCUT2D eigenvalue weighted by atomic mass is 9.43. The van der Waals surface area contributed by atoms with Gasteiger partial charge in [-0.05, 0) is 48.8 Å². The normalized spacial score (nSPS) is 30.4. The lowest BCUT2D eigenvalue weighted by molar-refractivity contribution is -0.178. The van der Waals surface area contributed by atoms with Gasteiger partial charge in [-0.25, -0.2) is 4.79 Å². The fourth-order valence-electron chi connectivity index (χ4n) is 7.59. The van der Waals surface area contributed by atoms with E-state index in [9.17, 15) is 39.6 Å². The minimum Gasteiger partial charge on any atom is -0.508 e. The lowest BCUT2D eigenvalue weighted by Gasteiger charge is -2.59.